The van der Waals surface area contributed by atoms with Gasteiger partial charge in [-0.2, -0.15) is 0 Å². The summed E-state index contributed by atoms with van der Waals surface area (Å²) in [6.45, 7) is 5.24. The van der Waals surface area contributed by atoms with Crippen molar-refractivity contribution >= 4 is 17.4 Å². The smallest absolute Gasteiger partial charge is 0.295 e. The van der Waals surface area contributed by atoms with Crippen molar-refractivity contribution in [3.8, 4) is 5.75 Å². The zero-order valence-electron chi connectivity index (χ0n) is 19.3. The molecule has 1 atom stereocenters. The SMILES string of the molecule is COc1ccc(/C(O)=C2/C(=O)C(=O)N(CCCN(C)C)C2c2cccnc2)cc1C(C)C. The van der Waals surface area contributed by atoms with Crippen LogP contribution < -0.4 is 4.74 Å². The van der Waals surface area contributed by atoms with E-state index in [1.165, 1.54) is 0 Å². The Kier molecular flexibility index (Phi) is 7.30. The molecule has 3 rings (SSSR count). The maximum atomic E-state index is 13.1. The van der Waals surface area contributed by atoms with Gasteiger partial charge in [-0.25, -0.2) is 0 Å². The van der Waals surface area contributed by atoms with Crippen LogP contribution >= 0.6 is 0 Å². The summed E-state index contributed by atoms with van der Waals surface area (Å²) >= 11 is 0. The number of ether oxygens (including phenoxy) is 1. The highest BCUT2D eigenvalue weighted by Crippen LogP contribution is 2.40. The van der Waals surface area contributed by atoms with Gasteiger partial charge in [0.05, 0.1) is 18.7 Å². The van der Waals surface area contributed by atoms with Gasteiger partial charge in [0, 0.05) is 24.5 Å². The van der Waals surface area contributed by atoms with Crippen LogP contribution in [0.4, 0.5) is 0 Å². The molecule has 0 aliphatic carbocycles. The third-order valence-corrected chi connectivity index (χ3v) is 5.67. The van der Waals surface area contributed by atoms with Gasteiger partial charge < -0.3 is 19.6 Å². The quantitative estimate of drug-likeness (QED) is 0.386. The number of rotatable bonds is 8. The van der Waals surface area contributed by atoms with Crippen molar-refractivity contribution in [2.45, 2.75) is 32.2 Å². The number of methoxy groups -OCH3 is 1. The Morgan fingerprint density at radius 1 is 1.25 bits per heavy atom. The zero-order valence-corrected chi connectivity index (χ0v) is 19.3. The number of carbonyl (C=O) groups excluding carboxylic acids is 2. The molecule has 1 unspecified atom stereocenters. The van der Waals surface area contributed by atoms with E-state index in [0.29, 0.717) is 29.8 Å². The van der Waals surface area contributed by atoms with Crippen molar-refractivity contribution in [1.82, 2.24) is 14.8 Å². The zero-order chi connectivity index (χ0) is 23.4. The third kappa shape index (κ3) is 4.67. The molecular formula is C25H31N3O4. The molecule has 1 saturated heterocycles. The lowest BCUT2D eigenvalue weighted by Crippen LogP contribution is -2.32. The molecule has 32 heavy (non-hydrogen) atoms. The number of hydrogen-bond acceptors (Lipinski definition) is 6. The second-order valence-electron chi connectivity index (χ2n) is 8.55. The number of aliphatic hydroxyl groups is 1. The first-order valence-electron chi connectivity index (χ1n) is 10.8. The number of pyridine rings is 1. The first kappa shape index (κ1) is 23.5. The molecule has 0 bridgehead atoms. The second-order valence-corrected chi connectivity index (χ2v) is 8.55. The molecule has 1 fully saturated rings. The molecule has 1 aromatic heterocycles. The van der Waals surface area contributed by atoms with Gasteiger partial charge >= 0.3 is 0 Å². The van der Waals surface area contributed by atoms with Crippen LogP contribution in [0.2, 0.25) is 0 Å². The van der Waals surface area contributed by atoms with E-state index in [4.69, 9.17) is 4.74 Å². The Labute approximate surface area is 189 Å². The van der Waals surface area contributed by atoms with Crippen molar-refractivity contribution in [2.24, 2.45) is 0 Å². The first-order chi connectivity index (χ1) is 15.3. The molecule has 0 spiro atoms. The number of nitrogens with zero attached hydrogens (tertiary/aromatic N) is 3. The number of carbonyl (C=O) groups is 2. The van der Waals surface area contributed by atoms with Crippen molar-refractivity contribution in [3.05, 3.63) is 65.0 Å². The number of ketones is 1. The second kappa shape index (κ2) is 9.96. The van der Waals surface area contributed by atoms with Gasteiger partial charge in [-0.15, -0.1) is 0 Å². The predicted octanol–water partition coefficient (Wildman–Crippen LogP) is 3.59. The third-order valence-electron chi connectivity index (χ3n) is 5.67. The average Bonchev–Trinajstić information content (AvgIpc) is 3.03. The molecule has 0 radical (unpaired) electrons. The van der Waals surface area contributed by atoms with Crippen LogP contribution in [-0.2, 0) is 9.59 Å². The highest BCUT2D eigenvalue weighted by Gasteiger charge is 2.45. The fourth-order valence-corrected chi connectivity index (χ4v) is 4.04. The topological polar surface area (TPSA) is 83.0 Å². The van der Waals surface area contributed by atoms with E-state index in [1.54, 1.807) is 42.6 Å². The molecule has 1 N–H and O–H groups in total. The Hall–Kier alpha value is -3.19. The van der Waals surface area contributed by atoms with Crippen LogP contribution in [0.25, 0.3) is 5.76 Å². The van der Waals surface area contributed by atoms with Gasteiger partial charge in [-0.05, 0) is 68.4 Å². The summed E-state index contributed by atoms with van der Waals surface area (Å²) in [6, 6.07) is 8.20. The van der Waals surface area contributed by atoms with E-state index in [1.807, 2.05) is 45.0 Å². The fraction of sp³-hybridized carbons (Fsp3) is 0.400. The molecular weight excluding hydrogens is 406 g/mol. The number of benzene rings is 1. The first-order valence-corrected chi connectivity index (χ1v) is 10.8. The lowest BCUT2D eigenvalue weighted by Gasteiger charge is -2.25. The molecule has 2 heterocycles. The summed E-state index contributed by atoms with van der Waals surface area (Å²) in [6.07, 6.45) is 3.98. The number of amides is 1. The summed E-state index contributed by atoms with van der Waals surface area (Å²) in [4.78, 5) is 33.8. The predicted molar refractivity (Wildman–Crippen MR) is 124 cm³/mol. The molecule has 7 nitrogen and oxygen atoms in total. The van der Waals surface area contributed by atoms with E-state index in [0.717, 1.165) is 12.1 Å². The number of aromatic nitrogens is 1. The lowest BCUT2D eigenvalue weighted by atomic mass is 9.93. The van der Waals surface area contributed by atoms with E-state index in [-0.39, 0.29) is 17.3 Å². The van der Waals surface area contributed by atoms with Crippen LogP contribution in [0.3, 0.4) is 0 Å². The van der Waals surface area contributed by atoms with Gasteiger partial charge in [0.15, 0.2) is 0 Å². The number of likely N-dealkylation sites (tertiary alicyclic amines) is 1. The largest absolute Gasteiger partial charge is 0.507 e. The van der Waals surface area contributed by atoms with Crippen LogP contribution in [0, 0.1) is 0 Å². The Balaban J connectivity index is 2.11. The summed E-state index contributed by atoms with van der Waals surface area (Å²) in [5.41, 5.74) is 2.17. The highest BCUT2D eigenvalue weighted by molar-refractivity contribution is 6.46. The van der Waals surface area contributed by atoms with Crippen LogP contribution in [0.1, 0.15) is 48.9 Å². The summed E-state index contributed by atoms with van der Waals surface area (Å²) in [5, 5.41) is 11.3. The minimum absolute atomic E-state index is 0.0905. The fourth-order valence-electron chi connectivity index (χ4n) is 4.04. The normalized spacial score (nSPS) is 18.1. The number of hydrogen-bond donors (Lipinski definition) is 1. The highest BCUT2D eigenvalue weighted by atomic mass is 16.5. The minimum atomic E-state index is -0.685. The Bertz CT molecular complexity index is 1020. The monoisotopic (exact) mass is 437 g/mol. The van der Waals surface area contributed by atoms with E-state index >= 15 is 0 Å². The molecule has 1 aliphatic rings. The number of aliphatic hydroxyl groups excluding tert-OH is 1. The minimum Gasteiger partial charge on any atom is -0.507 e. The lowest BCUT2D eigenvalue weighted by molar-refractivity contribution is -0.139. The summed E-state index contributed by atoms with van der Waals surface area (Å²) < 4.78 is 5.44. The van der Waals surface area contributed by atoms with E-state index in [2.05, 4.69) is 4.98 Å². The van der Waals surface area contributed by atoms with Crippen molar-refractivity contribution < 1.29 is 19.4 Å². The maximum Gasteiger partial charge on any atom is 0.295 e. The summed E-state index contributed by atoms with van der Waals surface area (Å²) in [7, 11) is 5.52. The van der Waals surface area contributed by atoms with E-state index in [9.17, 15) is 14.7 Å². The average molecular weight is 438 g/mol. The van der Waals surface area contributed by atoms with Crippen LogP contribution in [0.15, 0.2) is 48.3 Å². The van der Waals surface area contributed by atoms with E-state index < -0.39 is 17.7 Å². The number of Topliss-reactive ketones (excluding diaryl/α,β-unsaturated/α-hetero) is 1. The van der Waals surface area contributed by atoms with Gasteiger partial charge in [0.1, 0.15) is 11.5 Å². The van der Waals surface area contributed by atoms with Gasteiger partial charge in [0.25, 0.3) is 11.7 Å². The molecule has 0 saturated carbocycles. The van der Waals surface area contributed by atoms with Crippen LogP contribution in [-0.4, -0.2) is 65.9 Å². The Morgan fingerprint density at radius 3 is 2.59 bits per heavy atom. The maximum absolute atomic E-state index is 13.1. The molecule has 1 aromatic carbocycles. The Morgan fingerprint density at radius 2 is 2.00 bits per heavy atom. The molecule has 1 amide bonds. The van der Waals surface area contributed by atoms with Crippen molar-refractivity contribution in [3.63, 3.8) is 0 Å². The van der Waals surface area contributed by atoms with Crippen molar-refractivity contribution in [1.29, 1.82) is 0 Å². The standard InChI is InChI=1S/C25H31N3O4/c1-16(2)19-14-17(9-10-20(19)32-5)23(29)21-22(18-8-6-11-26-15-18)28(25(31)24(21)30)13-7-12-27(3)4/h6,8-11,14-16,22,29H,7,12-13H2,1-5H3/b23-21-. The molecule has 170 valence electrons. The molecule has 2 aromatic rings. The van der Waals surface area contributed by atoms with Gasteiger partial charge in [-0.3, -0.25) is 14.6 Å². The summed E-state index contributed by atoms with van der Waals surface area (Å²) in [5.74, 6) is -0.596. The van der Waals surface area contributed by atoms with Gasteiger partial charge in [0.2, 0.25) is 0 Å². The van der Waals surface area contributed by atoms with Crippen molar-refractivity contribution in [2.75, 3.05) is 34.3 Å². The van der Waals surface area contributed by atoms with Gasteiger partial charge in [-0.1, -0.05) is 19.9 Å². The molecule has 1 aliphatic heterocycles. The van der Waals surface area contributed by atoms with Crippen LogP contribution in [0.5, 0.6) is 5.75 Å². The molecule has 7 heteroatoms.